The summed E-state index contributed by atoms with van der Waals surface area (Å²) >= 11 is 0. The molecule has 1 aliphatic heterocycles. The van der Waals surface area contributed by atoms with Crippen LogP contribution in [0.3, 0.4) is 0 Å². The molecule has 0 spiro atoms. The van der Waals surface area contributed by atoms with Crippen LogP contribution in [0.15, 0.2) is 23.7 Å². The highest BCUT2D eigenvalue weighted by atomic mass is 127. The number of imidazole rings is 1. The van der Waals surface area contributed by atoms with Crippen molar-refractivity contribution in [2.24, 2.45) is 4.99 Å². The van der Waals surface area contributed by atoms with Crippen LogP contribution in [0.1, 0.15) is 26.2 Å². The number of amides is 1. The maximum Gasteiger partial charge on any atom is 0.222 e. The molecule has 1 atom stereocenters. The normalized spacial score (nSPS) is 17.7. The van der Waals surface area contributed by atoms with Gasteiger partial charge in [-0.05, 0) is 12.8 Å². The van der Waals surface area contributed by atoms with Crippen LogP contribution >= 0.6 is 24.0 Å². The number of hydrogen-bond donors (Lipinski definition) is 2. The minimum Gasteiger partial charge on any atom is -0.356 e. The number of nitrogens with one attached hydrogen (secondary N) is 2. The summed E-state index contributed by atoms with van der Waals surface area (Å²) in [5, 5.41) is 6.71. The Morgan fingerprint density at radius 2 is 2.30 bits per heavy atom. The summed E-state index contributed by atoms with van der Waals surface area (Å²) in [5.41, 5.74) is 0. The van der Waals surface area contributed by atoms with Crippen LogP contribution in [-0.4, -0.2) is 59.0 Å². The van der Waals surface area contributed by atoms with Crippen LogP contribution in [0.5, 0.6) is 0 Å². The molecule has 130 valence electrons. The number of likely N-dealkylation sites (tertiary alicyclic amines) is 1. The van der Waals surface area contributed by atoms with Gasteiger partial charge < -0.3 is 20.1 Å². The number of halogens is 1. The Kier molecular flexibility index (Phi) is 8.97. The zero-order valence-corrected chi connectivity index (χ0v) is 16.2. The van der Waals surface area contributed by atoms with E-state index in [1.54, 1.807) is 13.2 Å². The fraction of sp³-hybridized carbons (Fsp3) is 0.667. The highest BCUT2D eigenvalue weighted by molar-refractivity contribution is 14.0. The summed E-state index contributed by atoms with van der Waals surface area (Å²) in [6, 6.07) is 0.287. The number of carbonyl (C=O) groups excluding carboxylic acids is 1. The molecule has 2 rings (SSSR count). The quantitative estimate of drug-likeness (QED) is 0.304. The van der Waals surface area contributed by atoms with E-state index in [0.717, 1.165) is 45.0 Å². The van der Waals surface area contributed by atoms with Crippen LogP contribution in [-0.2, 0) is 11.3 Å². The van der Waals surface area contributed by atoms with E-state index in [-0.39, 0.29) is 35.9 Å². The zero-order valence-electron chi connectivity index (χ0n) is 13.9. The molecule has 1 aromatic rings. The van der Waals surface area contributed by atoms with Gasteiger partial charge in [-0.2, -0.15) is 0 Å². The van der Waals surface area contributed by atoms with Gasteiger partial charge in [-0.25, -0.2) is 4.98 Å². The Bertz CT molecular complexity index is 490. The maximum atomic E-state index is 11.7. The van der Waals surface area contributed by atoms with Gasteiger partial charge in [0.25, 0.3) is 0 Å². The Labute approximate surface area is 155 Å². The van der Waals surface area contributed by atoms with E-state index < -0.39 is 0 Å². The van der Waals surface area contributed by atoms with Crippen molar-refractivity contribution in [3.8, 4) is 0 Å². The number of aliphatic imine (C=N–C) groups is 1. The summed E-state index contributed by atoms with van der Waals surface area (Å²) in [7, 11) is 1.77. The van der Waals surface area contributed by atoms with Crippen LogP contribution < -0.4 is 10.6 Å². The lowest BCUT2D eigenvalue weighted by Gasteiger charge is -2.18. The van der Waals surface area contributed by atoms with Gasteiger partial charge in [-0.15, -0.1) is 24.0 Å². The van der Waals surface area contributed by atoms with Crippen molar-refractivity contribution < 1.29 is 4.79 Å². The molecule has 23 heavy (non-hydrogen) atoms. The second kappa shape index (κ2) is 10.5. The highest BCUT2D eigenvalue weighted by Gasteiger charge is 2.25. The molecule has 1 unspecified atom stereocenters. The number of carbonyl (C=O) groups is 1. The van der Waals surface area contributed by atoms with Crippen molar-refractivity contribution in [2.75, 3.05) is 26.7 Å². The summed E-state index contributed by atoms with van der Waals surface area (Å²) in [5.74, 6) is 1.04. The van der Waals surface area contributed by atoms with E-state index in [2.05, 4.69) is 25.2 Å². The van der Waals surface area contributed by atoms with E-state index in [4.69, 9.17) is 0 Å². The minimum atomic E-state index is 0. The van der Waals surface area contributed by atoms with Gasteiger partial charge in [0.1, 0.15) is 0 Å². The zero-order chi connectivity index (χ0) is 15.8. The third-order valence-electron chi connectivity index (χ3n) is 3.85. The third kappa shape index (κ3) is 6.36. The van der Waals surface area contributed by atoms with Crippen molar-refractivity contribution in [1.29, 1.82) is 0 Å². The number of aryl methyl sites for hydroxylation is 1. The van der Waals surface area contributed by atoms with Crippen LogP contribution in [0.25, 0.3) is 0 Å². The van der Waals surface area contributed by atoms with E-state index in [9.17, 15) is 4.79 Å². The van der Waals surface area contributed by atoms with Crippen LogP contribution in [0.2, 0.25) is 0 Å². The summed E-state index contributed by atoms with van der Waals surface area (Å²) < 4.78 is 2.06. The first-order chi connectivity index (χ1) is 10.7. The van der Waals surface area contributed by atoms with E-state index in [1.165, 1.54) is 0 Å². The smallest absolute Gasteiger partial charge is 0.222 e. The number of rotatable bonds is 6. The van der Waals surface area contributed by atoms with Gasteiger partial charge in [0.15, 0.2) is 5.96 Å². The van der Waals surface area contributed by atoms with Crippen LogP contribution in [0, 0.1) is 0 Å². The van der Waals surface area contributed by atoms with Crippen molar-refractivity contribution in [2.45, 2.75) is 38.8 Å². The molecular formula is C15H27IN6O. The second-order valence-electron chi connectivity index (χ2n) is 5.48. The average Bonchev–Trinajstić information content (AvgIpc) is 3.21. The highest BCUT2D eigenvalue weighted by Crippen LogP contribution is 2.10. The van der Waals surface area contributed by atoms with Gasteiger partial charge in [0, 0.05) is 58.1 Å². The molecule has 0 saturated carbocycles. The molecule has 0 aliphatic carbocycles. The van der Waals surface area contributed by atoms with E-state index >= 15 is 0 Å². The molecular weight excluding hydrogens is 407 g/mol. The van der Waals surface area contributed by atoms with E-state index in [0.29, 0.717) is 6.42 Å². The SMILES string of the molecule is CCC(=O)N1CCC(NC(=NC)NCCCn2ccnc2)C1.I. The van der Waals surface area contributed by atoms with Gasteiger partial charge in [-0.1, -0.05) is 6.92 Å². The summed E-state index contributed by atoms with van der Waals surface area (Å²) in [6.45, 7) is 5.29. The predicted octanol–water partition coefficient (Wildman–Crippen LogP) is 1.07. The molecule has 2 heterocycles. The Morgan fingerprint density at radius 3 is 2.96 bits per heavy atom. The Balaban J connectivity index is 0.00000264. The Hall–Kier alpha value is -1.32. The van der Waals surface area contributed by atoms with Gasteiger partial charge >= 0.3 is 0 Å². The van der Waals surface area contributed by atoms with Crippen molar-refractivity contribution in [3.05, 3.63) is 18.7 Å². The molecule has 2 N–H and O–H groups in total. The molecule has 1 saturated heterocycles. The molecule has 1 fully saturated rings. The lowest BCUT2D eigenvalue weighted by atomic mass is 10.3. The van der Waals surface area contributed by atoms with Gasteiger partial charge in [0.2, 0.25) is 5.91 Å². The molecule has 7 nitrogen and oxygen atoms in total. The molecule has 0 radical (unpaired) electrons. The van der Waals surface area contributed by atoms with Gasteiger partial charge in [-0.3, -0.25) is 9.79 Å². The average molecular weight is 434 g/mol. The number of guanidine groups is 1. The minimum absolute atomic E-state index is 0. The van der Waals surface area contributed by atoms with Crippen molar-refractivity contribution >= 4 is 35.8 Å². The maximum absolute atomic E-state index is 11.7. The molecule has 1 aromatic heterocycles. The standard InChI is InChI=1S/C15H26N6O.HI/c1-3-14(22)21-9-5-13(11-21)19-15(16-2)18-6-4-8-20-10-7-17-12-20;/h7,10,12-13H,3-6,8-9,11H2,1-2H3,(H2,16,18,19);1H. The molecule has 0 bridgehead atoms. The topological polar surface area (TPSA) is 74.6 Å². The summed E-state index contributed by atoms with van der Waals surface area (Å²) in [6.07, 6.45) is 8.13. The lowest BCUT2D eigenvalue weighted by Crippen LogP contribution is -2.45. The molecule has 1 amide bonds. The molecule has 1 aliphatic rings. The van der Waals surface area contributed by atoms with E-state index in [1.807, 2.05) is 24.3 Å². The first-order valence-corrected chi connectivity index (χ1v) is 7.93. The largest absolute Gasteiger partial charge is 0.356 e. The first kappa shape index (κ1) is 19.7. The fourth-order valence-electron chi connectivity index (χ4n) is 2.60. The molecule has 8 heteroatoms. The monoisotopic (exact) mass is 434 g/mol. The van der Waals surface area contributed by atoms with Crippen molar-refractivity contribution in [3.63, 3.8) is 0 Å². The number of nitrogens with zero attached hydrogens (tertiary/aromatic N) is 4. The second-order valence-corrected chi connectivity index (χ2v) is 5.48. The van der Waals surface area contributed by atoms with Crippen LogP contribution in [0.4, 0.5) is 0 Å². The lowest BCUT2D eigenvalue weighted by molar-refractivity contribution is -0.129. The first-order valence-electron chi connectivity index (χ1n) is 7.93. The number of hydrogen-bond acceptors (Lipinski definition) is 3. The summed E-state index contributed by atoms with van der Waals surface area (Å²) in [4.78, 5) is 21.9. The third-order valence-corrected chi connectivity index (χ3v) is 3.85. The Morgan fingerprint density at radius 1 is 1.48 bits per heavy atom. The fourth-order valence-corrected chi connectivity index (χ4v) is 2.60. The molecule has 0 aromatic carbocycles. The number of aromatic nitrogens is 2. The predicted molar refractivity (Wildman–Crippen MR) is 102 cm³/mol. The van der Waals surface area contributed by atoms with Crippen molar-refractivity contribution in [1.82, 2.24) is 25.1 Å². The van der Waals surface area contributed by atoms with Gasteiger partial charge in [0.05, 0.1) is 6.33 Å².